The smallest absolute Gasteiger partial charge is 0.126 e. The van der Waals surface area contributed by atoms with Gasteiger partial charge in [0.25, 0.3) is 0 Å². The molecule has 0 radical (unpaired) electrons. The fourth-order valence-corrected chi connectivity index (χ4v) is 1.81. The summed E-state index contributed by atoms with van der Waals surface area (Å²) in [5, 5.41) is 3.38. The molecule has 0 heterocycles. The first-order valence-electron chi connectivity index (χ1n) is 6.20. The molecule has 0 aliphatic heterocycles. The molecule has 0 aromatic heterocycles. The van der Waals surface area contributed by atoms with Gasteiger partial charge in [0.15, 0.2) is 0 Å². The van der Waals surface area contributed by atoms with Gasteiger partial charge in [-0.25, -0.2) is 4.39 Å². The van der Waals surface area contributed by atoms with Gasteiger partial charge in [0.05, 0.1) is 0 Å². The molecule has 1 unspecified atom stereocenters. The van der Waals surface area contributed by atoms with E-state index in [1.54, 1.807) is 6.92 Å². The highest BCUT2D eigenvalue weighted by Gasteiger charge is 2.10. The quantitative estimate of drug-likeness (QED) is 0.799. The summed E-state index contributed by atoms with van der Waals surface area (Å²) in [5.41, 5.74) is 7.52. The Bertz CT molecular complexity index is 350. The standard InChI is InChI=1S/C14H23FN2/c1-10(2)13(7-16)9-17-8-12-4-5-14(15)11(3)6-12/h4-6,10,13,17H,7-9,16H2,1-3H3. The summed E-state index contributed by atoms with van der Waals surface area (Å²) in [6.07, 6.45) is 0. The third kappa shape index (κ3) is 4.44. The maximum absolute atomic E-state index is 13.1. The van der Waals surface area contributed by atoms with Crippen LogP contribution in [0.4, 0.5) is 4.39 Å². The minimum absolute atomic E-state index is 0.143. The first-order valence-corrected chi connectivity index (χ1v) is 6.20. The van der Waals surface area contributed by atoms with Crippen molar-refractivity contribution in [3.63, 3.8) is 0 Å². The van der Waals surface area contributed by atoms with E-state index in [0.717, 1.165) is 18.7 Å². The Balaban J connectivity index is 2.42. The first-order chi connectivity index (χ1) is 8.04. The van der Waals surface area contributed by atoms with Crippen LogP contribution < -0.4 is 11.1 Å². The van der Waals surface area contributed by atoms with E-state index in [-0.39, 0.29) is 5.82 Å². The predicted octanol–water partition coefficient (Wildman–Crippen LogP) is 2.45. The highest BCUT2D eigenvalue weighted by molar-refractivity contribution is 5.23. The SMILES string of the molecule is Cc1cc(CNCC(CN)C(C)C)ccc1F. The lowest BCUT2D eigenvalue weighted by Crippen LogP contribution is -2.31. The zero-order valence-electron chi connectivity index (χ0n) is 11.0. The molecule has 0 fully saturated rings. The molecule has 0 saturated heterocycles. The summed E-state index contributed by atoms with van der Waals surface area (Å²) in [7, 11) is 0. The minimum atomic E-state index is -0.143. The van der Waals surface area contributed by atoms with E-state index < -0.39 is 0 Å². The van der Waals surface area contributed by atoms with Crippen LogP contribution in [0.5, 0.6) is 0 Å². The van der Waals surface area contributed by atoms with E-state index >= 15 is 0 Å². The zero-order valence-corrected chi connectivity index (χ0v) is 11.0. The van der Waals surface area contributed by atoms with Crippen molar-refractivity contribution in [2.75, 3.05) is 13.1 Å². The first kappa shape index (κ1) is 14.1. The number of hydrogen-bond acceptors (Lipinski definition) is 2. The Morgan fingerprint density at radius 2 is 2.06 bits per heavy atom. The zero-order chi connectivity index (χ0) is 12.8. The van der Waals surface area contributed by atoms with Crippen LogP contribution in [0.2, 0.25) is 0 Å². The Morgan fingerprint density at radius 1 is 1.35 bits per heavy atom. The van der Waals surface area contributed by atoms with Gasteiger partial charge in [-0.3, -0.25) is 0 Å². The van der Waals surface area contributed by atoms with Gasteiger partial charge in [-0.05, 0) is 49.0 Å². The van der Waals surface area contributed by atoms with Crippen LogP contribution >= 0.6 is 0 Å². The van der Waals surface area contributed by atoms with Crippen molar-refractivity contribution < 1.29 is 4.39 Å². The lowest BCUT2D eigenvalue weighted by Gasteiger charge is -2.19. The molecule has 1 aromatic rings. The third-order valence-corrected chi connectivity index (χ3v) is 3.20. The van der Waals surface area contributed by atoms with Gasteiger partial charge >= 0.3 is 0 Å². The molecule has 3 heteroatoms. The summed E-state index contributed by atoms with van der Waals surface area (Å²) in [4.78, 5) is 0. The summed E-state index contributed by atoms with van der Waals surface area (Å²) in [6, 6.07) is 5.23. The molecule has 0 aliphatic rings. The molecule has 0 amide bonds. The van der Waals surface area contributed by atoms with Crippen molar-refractivity contribution in [3.05, 3.63) is 35.1 Å². The number of rotatable bonds is 6. The topological polar surface area (TPSA) is 38.0 Å². The van der Waals surface area contributed by atoms with Gasteiger partial charge in [-0.2, -0.15) is 0 Å². The lowest BCUT2D eigenvalue weighted by molar-refractivity contribution is 0.370. The van der Waals surface area contributed by atoms with E-state index in [2.05, 4.69) is 19.2 Å². The Morgan fingerprint density at radius 3 is 2.59 bits per heavy atom. The number of aryl methyl sites for hydroxylation is 1. The maximum atomic E-state index is 13.1. The third-order valence-electron chi connectivity index (χ3n) is 3.20. The molecule has 3 N–H and O–H groups in total. The molecule has 2 nitrogen and oxygen atoms in total. The highest BCUT2D eigenvalue weighted by atomic mass is 19.1. The second-order valence-electron chi connectivity index (χ2n) is 4.95. The molecule has 1 rings (SSSR count). The summed E-state index contributed by atoms with van der Waals surface area (Å²) >= 11 is 0. The molecule has 17 heavy (non-hydrogen) atoms. The van der Waals surface area contributed by atoms with E-state index in [0.29, 0.717) is 23.9 Å². The van der Waals surface area contributed by atoms with Crippen molar-refractivity contribution in [2.24, 2.45) is 17.6 Å². The van der Waals surface area contributed by atoms with Gasteiger partial charge in [0.1, 0.15) is 5.82 Å². The van der Waals surface area contributed by atoms with Crippen molar-refractivity contribution in [2.45, 2.75) is 27.3 Å². The Kier molecular flexibility index (Phi) is 5.59. The number of hydrogen-bond donors (Lipinski definition) is 2. The van der Waals surface area contributed by atoms with Crippen LogP contribution in [0.15, 0.2) is 18.2 Å². The summed E-state index contributed by atoms with van der Waals surface area (Å²) in [6.45, 7) is 8.53. The van der Waals surface area contributed by atoms with Crippen LogP contribution in [0.3, 0.4) is 0 Å². The molecule has 0 spiro atoms. The van der Waals surface area contributed by atoms with Crippen molar-refractivity contribution >= 4 is 0 Å². The van der Waals surface area contributed by atoms with E-state index in [4.69, 9.17) is 5.73 Å². The predicted molar refractivity (Wildman–Crippen MR) is 70.2 cm³/mol. The number of nitrogens with one attached hydrogen (secondary N) is 1. The largest absolute Gasteiger partial charge is 0.330 e. The minimum Gasteiger partial charge on any atom is -0.330 e. The summed E-state index contributed by atoms with van der Waals surface area (Å²) < 4.78 is 13.1. The average molecular weight is 238 g/mol. The van der Waals surface area contributed by atoms with Crippen LogP contribution in [0, 0.1) is 24.6 Å². The monoisotopic (exact) mass is 238 g/mol. The van der Waals surface area contributed by atoms with E-state index in [1.807, 2.05) is 12.1 Å². The number of halogens is 1. The van der Waals surface area contributed by atoms with Crippen molar-refractivity contribution in [3.8, 4) is 0 Å². The second kappa shape index (κ2) is 6.72. The highest BCUT2D eigenvalue weighted by Crippen LogP contribution is 2.10. The normalized spacial score (nSPS) is 13.1. The van der Waals surface area contributed by atoms with Crippen LogP contribution in [0.25, 0.3) is 0 Å². The van der Waals surface area contributed by atoms with E-state index in [9.17, 15) is 4.39 Å². The van der Waals surface area contributed by atoms with Gasteiger partial charge in [-0.15, -0.1) is 0 Å². The van der Waals surface area contributed by atoms with Gasteiger partial charge in [0, 0.05) is 6.54 Å². The molecule has 1 atom stereocenters. The molecular formula is C14H23FN2. The molecular weight excluding hydrogens is 215 g/mol. The van der Waals surface area contributed by atoms with Crippen LogP contribution in [-0.4, -0.2) is 13.1 Å². The van der Waals surface area contributed by atoms with Gasteiger partial charge in [0.2, 0.25) is 0 Å². The number of nitrogens with two attached hydrogens (primary N) is 1. The maximum Gasteiger partial charge on any atom is 0.126 e. The Labute approximate surface area is 103 Å². The molecule has 0 aliphatic carbocycles. The average Bonchev–Trinajstić information content (AvgIpc) is 2.28. The Hall–Kier alpha value is -0.930. The van der Waals surface area contributed by atoms with Crippen molar-refractivity contribution in [1.29, 1.82) is 0 Å². The molecule has 0 saturated carbocycles. The molecule has 96 valence electrons. The number of benzene rings is 1. The fraction of sp³-hybridized carbons (Fsp3) is 0.571. The second-order valence-corrected chi connectivity index (χ2v) is 4.95. The lowest BCUT2D eigenvalue weighted by atomic mass is 9.96. The molecule has 1 aromatic carbocycles. The van der Waals surface area contributed by atoms with Gasteiger partial charge in [-0.1, -0.05) is 26.0 Å². The van der Waals surface area contributed by atoms with Crippen LogP contribution in [0.1, 0.15) is 25.0 Å². The van der Waals surface area contributed by atoms with E-state index in [1.165, 1.54) is 6.07 Å². The van der Waals surface area contributed by atoms with Crippen LogP contribution in [-0.2, 0) is 6.54 Å². The fourth-order valence-electron chi connectivity index (χ4n) is 1.81. The molecule has 0 bridgehead atoms. The van der Waals surface area contributed by atoms with Crippen molar-refractivity contribution in [1.82, 2.24) is 5.32 Å². The summed E-state index contributed by atoms with van der Waals surface area (Å²) in [5.74, 6) is 0.940. The van der Waals surface area contributed by atoms with Gasteiger partial charge < -0.3 is 11.1 Å².